The highest BCUT2D eigenvalue weighted by Gasteiger charge is 2.37. The van der Waals surface area contributed by atoms with Gasteiger partial charge in [0.1, 0.15) is 0 Å². The molecule has 0 spiro atoms. The van der Waals surface area contributed by atoms with Crippen molar-refractivity contribution >= 4 is 5.91 Å². The molecule has 0 aliphatic heterocycles. The molecule has 1 amide bonds. The zero-order valence-corrected chi connectivity index (χ0v) is 18.8. The van der Waals surface area contributed by atoms with Crippen molar-refractivity contribution in [2.75, 3.05) is 6.54 Å². The zero-order chi connectivity index (χ0) is 22.3. The number of nitrogens with zero attached hydrogens (tertiary/aromatic N) is 1. The lowest BCUT2D eigenvalue weighted by Gasteiger charge is -2.36. The first-order chi connectivity index (χ1) is 14.9. The minimum Gasteiger partial charge on any atom is -0.390 e. The fraction of sp³-hybridized carbons (Fsp3) is 0.600. The molecule has 4 N–H and O–H groups in total. The molecule has 1 heterocycles. The van der Waals surface area contributed by atoms with Gasteiger partial charge >= 0.3 is 0 Å². The number of benzene rings is 1. The van der Waals surface area contributed by atoms with Gasteiger partial charge in [-0.05, 0) is 54.6 Å². The van der Waals surface area contributed by atoms with E-state index in [1.165, 1.54) is 0 Å². The number of aliphatic hydroxyl groups is 2. The number of aromatic nitrogens is 2. The summed E-state index contributed by atoms with van der Waals surface area (Å²) < 4.78 is 0. The number of aryl methyl sites for hydroxylation is 1. The summed E-state index contributed by atoms with van der Waals surface area (Å²) >= 11 is 0. The van der Waals surface area contributed by atoms with E-state index in [2.05, 4.69) is 29.4 Å². The van der Waals surface area contributed by atoms with Crippen molar-refractivity contribution in [3.63, 3.8) is 0 Å². The molecule has 0 radical (unpaired) electrons. The molecule has 1 fully saturated rings. The third kappa shape index (κ3) is 6.91. The SMILES string of the molecule is C[C@@H]1CC[C@](C)(CNC(=O)CCCc2cn[nH]c2)C[C@H](c2ccccc2)[C@@H](O)[C@@H](O)C1. The molecule has 5 atom stereocenters. The van der Waals surface area contributed by atoms with Gasteiger partial charge in [0.15, 0.2) is 0 Å². The van der Waals surface area contributed by atoms with E-state index in [1.54, 1.807) is 6.20 Å². The predicted molar refractivity (Wildman–Crippen MR) is 121 cm³/mol. The standard InChI is InChI=1S/C25H37N3O3/c1-18-11-12-25(2,17-26-23(30)10-6-7-19-15-27-28-16-19)14-21(24(31)22(29)13-18)20-8-4-3-5-9-20/h3-5,8-9,15-16,18,21-22,24,29,31H,6-7,10-14,17H2,1-2H3,(H,26,30)(H,27,28)/t18-,21-,22+,24-,25+/m1/s1. The average molecular weight is 428 g/mol. The largest absolute Gasteiger partial charge is 0.390 e. The molecule has 1 aliphatic rings. The van der Waals surface area contributed by atoms with Crippen LogP contribution in [-0.4, -0.2) is 45.1 Å². The first kappa shape index (κ1) is 23.5. The Labute approximate surface area is 185 Å². The summed E-state index contributed by atoms with van der Waals surface area (Å²) in [4.78, 5) is 12.5. The Morgan fingerprint density at radius 2 is 2.06 bits per heavy atom. The number of nitrogens with one attached hydrogen (secondary N) is 2. The van der Waals surface area contributed by atoms with Crippen LogP contribution in [-0.2, 0) is 11.2 Å². The van der Waals surface area contributed by atoms with Crippen molar-refractivity contribution in [1.29, 1.82) is 0 Å². The van der Waals surface area contributed by atoms with E-state index in [1.807, 2.05) is 36.5 Å². The number of amides is 1. The van der Waals surface area contributed by atoms with Crippen LogP contribution in [0.5, 0.6) is 0 Å². The maximum atomic E-state index is 12.5. The number of aliphatic hydroxyl groups excluding tert-OH is 2. The van der Waals surface area contributed by atoms with Crippen LogP contribution in [0.25, 0.3) is 0 Å². The molecule has 170 valence electrons. The molecule has 6 heteroatoms. The van der Waals surface area contributed by atoms with Crippen LogP contribution < -0.4 is 5.32 Å². The molecule has 1 saturated carbocycles. The number of carbonyl (C=O) groups excluding carboxylic acids is 1. The fourth-order valence-corrected chi connectivity index (χ4v) is 4.73. The maximum absolute atomic E-state index is 12.5. The van der Waals surface area contributed by atoms with E-state index >= 15 is 0 Å². The topological polar surface area (TPSA) is 98.2 Å². The number of rotatable bonds is 7. The minimum absolute atomic E-state index is 0.0643. The van der Waals surface area contributed by atoms with Crippen LogP contribution in [0, 0.1) is 11.3 Å². The van der Waals surface area contributed by atoms with Gasteiger partial charge < -0.3 is 15.5 Å². The lowest BCUT2D eigenvalue weighted by Crippen LogP contribution is -2.39. The summed E-state index contributed by atoms with van der Waals surface area (Å²) in [6.07, 6.45) is 7.45. The van der Waals surface area contributed by atoms with E-state index in [-0.39, 0.29) is 17.2 Å². The Bertz CT molecular complexity index is 796. The van der Waals surface area contributed by atoms with Gasteiger partial charge in [-0.25, -0.2) is 0 Å². The van der Waals surface area contributed by atoms with Crippen molar-refractivity contribution in [1.82, 2.24) is 15.5 Å². The molecule has 1 aromatic carbocycles. The molecule has 0 unspecified atom stereocenters. The smallest absolute Gasteiger partial charge is 0.220 e. The molecule has 1 aliphatic carbocycles. The Morgan fingerprint density at radius 1 is 1.29 bits per heavy atom. The van der Waals surface area contributed by atoms with Crippen LogP contribution in [0.1, 0.15) is 69.4 Å². The minimum atomic E-state index is -0.812. The lowest BCUT2D eigenvalue weighted by atomic mass is 9.73. The Balaban J connectivity index is 1.65. The number of H-pyrrole nitrogens is 1. The van der Waals surface area contributed by atoms with Gasteiger partial charge in [-0.3, -0.25) is 9.89 Å². The summed E-state index contributed by atoms with van der Waals surface area (Å²) in [5, 5.41) is 31.5. The fourth-order valence-electron chi connectivity index (χ4n) is 4.73. The molecule has 3 rings (SSSR count). The number of hydrogen-bond acceptors (Lipinski definition) is 4. The molecule has 1 aromatic heterocycles. The van der Waals surface area contributed by atoms with Gasteiger partial charge in [-0.15, -0.1) is 0 Å². The number of carbonyl (C=O) groups is 1. The lowest BCUT2D eigenvalue weighted by molar-refractivity contribution is -0.121. The summed E-state index contributed by atoms with van der Waals surface area (Å²) in [5.74, 6) is 0.225. The molecule has 6 nitrogen and oxygen atoms in total. The second-order valence-corrected chi connectivity index (χ2v) is 9.71. The van der Waals surface area contributed by atoms with Gasteiger partial charge in [0, 0.05) is 25.1 Å². The van der Waals surface area contributed by atoms with Crippen LogP contribution in [0.15, 0.2) is 42.7 Å². The Morgan fingerprint density at radius 3 is 2.77 bits per heavy atom. The van der Waals surface area contributed by atoms with Crippen LogP contribution in [0.2, 0.25) is 0 Å². The van der Waals surface area contributed by atoms with Crippen LogP contribution in [0.3, 0.4) is 0 Å². The van der Waals surface area contributed by atoms with Gasteiger partial charge in [0.05, 0.1) is 18.4 Å². The molecular formula is C25H37N3O3. The van der Waals surface area contributed by atoms with Crippen molar-refractivity contribution in [3.05, 3.63) is 53.9 Å². The van der Waals surface area contributed by atoms with E-state index in [9.17, 15) is 15.0 Å². The molecule has 2 aromatic rings. The summed E-state index contributed by atoms with van der Waals surface area (Å²) in [6, 6.07) is 9.96. The molecule has 0 saturated heterocycles. The van der Waals surface area contributed by atoms with Gasteiger partial charge in [-0.2, -0.15) is 5.10 Å². The number of aromatic amines is 1. The zero-order valence-electron chi connectivity index (χ0n) is 18.8. The van der Waals surface area contributed by atoms with E-state index in [0.717, 1.165) is 43.2 Å². The maximum Gasteiger partial charge on any atom is 0.220 e. The summed E-state index contributed by atoms with van der Waals surface area (Å²) in [7, 11) is 0. The van der Waals surface area contributed by atoms with Crippen molar-refractivity contribution in [3.8, 4) is 0 Å². The van der Waals surface area contributed by atoms with Gasteiger partial charge in [-0.1, -0.05) is 50.6 Å². The van der Waals surface area contributed by atoms with Gasteiger partial charge in [0.25, 0.3) is 0 Å². The highest BCUT2D eigenvalue weighted by atomic mass is 16.3. The summed E-state index contributed by atoms with van der Waals surface area (Å²) in [6.45, 7) is 4.91. The second-order valence-electron chi connectivity index (χ2n) is 9.71. The monoisotopic (exact) mass is 427 g/mol. The van der Waals surface area contributed by atoms with Crippen LogP contribution in [0.4, 0.5) is 0 Å². The van der Waals surface area contributed by atoms with Crippen molar-refractivity contribution in [2.24, 2.45) is 11.3 Å². The quantitative estimate of drug-likeness (QED) is 0.543. The van der Waals surface area contributed by atoms with E-state index in [4.69, 9.17) is 0 Å². The molecule has 0 bridgehead atoms. The Hall–Kier alpha value is -2.18. The third-order valence-corrected chi connectivity index (χ3v) is 6.77. The molecule has 31 heavy (non-hydrogen) atoms. The average Bonchev–Trinajstić information content (AvgIpc) is 3.29. The highest BCUT2D eigenvalue weighted by molar-refractivity contribution is 5.75. The van der Waals surface area contributed by atoms with E-state index in [0.29, 0.717) is 25.3 Å². The van der Waals surface area contributed by atoms with Crippen molar-refractivity contribution in [2.45, 2.75) is 76.9 Å². The first-order valence-corrected chi connectivity index (χ1v) is 11.5. The van der Waals surface area contributed by atoms with Gasteiger partial charge in [0.2, 0.25) is 5.91 Å². The highest BCUT2D eigenvalue weighted by Crippen LogP contribution is 2.41. The van der Waals surface area contributed by atoms with E-state index < -0.39 is 12.2 Å². The predicted octanol–water partition coefficient (Wildman–Crippen LogP) is 3.57. The van der Waals surface area contributed by atoms with Crippen molar-refractivity contribution < 1.29 is 15.0 Å². The second kappa shape index (κ2) is 10.9. The Kier molecular flexibility index (Phi) is 8.27. The normalized spacial score (nSPS) is 29.5. The first-order valence-electron chi connectivity index (χ1n) is 11.5. The molecular weight excluding hydrogens is 390 g/mol. The third-order valence-electron chi connectivity index (χ3n) is 6.77. The number of hydrogen-bond donors (Lipinski definition) is 4. The van der Waals surface area contributed by atoms with Crippen LogP contribution >= 0.6 is 0 Å². The summed E-state index contributed by atoms with van der Waals surface area (Å²) in [5.41, 5.74) is 2.00.